The van der Waals surface area contributed by atoms with Crippen molar-refractivity contribution in [2.75, 3.05) is 0 Å². The lowest BCUT2D eigenvalue weighted by Crippen LogP contribution is -2.03. The van der Waals surface area contributed by atoms with Crippen molar-refractivity contribution in [1.82, 2.24) is 0 Å². The number of hydrogen-bond acceptors (Lipinski definition) is 0. The van der Waals surface area contributed by atoms with Crippen molar-refractivity contribution in [3.05, 3.63) is 13.8 Å². The molecule has 0 rings (SSSR count). The summed E-state index contributed by atoms with van der Waals surface area (Å²) in [7, 11) is 0. The third-order valence-corrected chi connectivity index (χ3v) is 1.10. The van der Waals surface area contributed by atoms with Crippen molar-refractivity contribution in [3.63, 3.8) is 0 Å². The molecule has 0 bridgehead atoms. The van der Waals surface area contributed by atoms with Crippen LogP contribution in [0.1, 0.15) is 33.1 Å². The Kier molecular flexibility index (Phi) is 3.11. The van der Waals surface area contributed by atoms with Crippen LogP contribution in [0.5, 0.6) is 0 Å². The second-order valence-electron chi connectivity index (χ2n) is 3.12. The highest BCUT2D eigenvalue weighted by molar-refractivity contribution is 4.69. The van der Waals surface area contributed by atoms with E-state index in [0.29, 0.717) is 0 Å². The highest BCUT2D eigenvalue weighted by atomic mass is 14.1. The molecule has 0 aromatic carbocycles. The zero-order chi connectivity index (χ0) is 6.62. The molecule has 0 aromatic rings. The first kappa shape index (κ1) is 8.00. The smallest absolute Gasteiger partial charge is 0.0354 e. The summed E-state index contributed by atoms with van der Waals surface area (Å²) >= 11 is 0. The zero-order valence-corrected chi connectivity index (χ0v) is 6.04. The van der Waals surface area contributed by atoms with Gasteiger partial charge in [0.2, 0.25) is 0 Å². The van der Waals surface area contributed by atoms with E-state index in [1.807, 2.05) is 0 Å². The molecule has 2 radical (unpaired) electrons. The van der Waals surface area contributed by atoms with Gasteiger partial charge in [-0.1, -0.05) is 33.6 Å². The summed E-state index contributed by atoms with van der Waals surface area (Å²) in [5.74, 6) is 0. The van der Waals surface area contributed by atoms with E-state index in [-0.39, 0.29) is 5.41 Å². The highest BCUT2D eigenvalue weighted by Crippen LogP contribution is 2.20. The van der Waals surface area contributed by atoms with Gasteiger partial charge in [0.1, 0.15) is 0 Å². The van der Waals surface area contributed by atoms with Crippen molar-refractivity contribution in [3.8, 4) is 0 Å². The van der Waals surface area contributed by atoms with E-state index in [2.05, 4.69) is 27.7 Å². The zero-order valence-electron chi connectivity index (χ0n) is 6.04. The summed E-state index contributed by atoms with van der Waals surface area (Å²) in [5.41, 5.74) is 0.262. The first-order valence-electron chi connectivity index (χ1n) is 3.21. The van der Waals surface area contributed by atoms with Gasteiger partial charge >= 0.3 is 0 Å². The molecule has 0 heterocycles. The van der Waals surface area contributed by atoms with Crippen LogP contribution in [-0.4, -0.2) is 0 Å². The molecule has 0 unspecified atom stereocenters. The fourth-order valence-electron chi connectivity index (χ4n) is 0.604. The minimum absolute atomic E-state index is 0.262. The quantitative estimate of drug-likeness (QED) is 0.526. The van der Waals surface area contributed by atoms with Crippen molar-refractivity contribution in [1.29, 1.82) is 0 Å². The van der Waals surface area contributed by atoms with Gasteiger partial charge in [0.15, 0.2) is 0 Å². The van der Waals surface area contributed by atoms with Crippen LogP contribution in [0.3, 0.4) is 0 Å². The fraction of sp³-hybridized carbons (Fsp3) is 0.750. The molecule has 0 saturated carbocycles. The largest absolute Gasteiger partial charge is 0.0599 e. The molecular weight excluding hydrogens is 96.1 g/mol. The van der Waals surface area contributed by atoms with Gasteiger partial charge in [-0.2, -0.15) is 0 Å². The van der Waals surface area contributed by atoms with Crippen molar-refractivity contribution in [2.45, 2.75) is 33.1 Å². The molecule has 8 heavy (non-hydrogen) atoms. The Hall–Kier alpha value is 0. The Morgan fingerprint density at radius 2 is 1.88 bits per heavy atom. The maximum Gasteiger partial charge on any atom is -0.0354 e. The lowest BCUT2D eigenvalue weighted by molar-refractivity contribution is 0.419. The molecule has 0 atom stereocenters. The molecule has 0 nitrogen and oxygen atoms in total. The van der Waals surface area contributed by atoms with Gasteiger partial charge in [-0.05, 0) is 18.8 Å². The Bertz CT molecular complexity index is 47.5. The summed E-state index contributed by atoms with van der Waals surface area (Å²) in [6.07, 6.45) is 3.44. The van der Waals surface area contributed by atoms with Gasteiger partial charge in [-0.3, -0.25) is 0 Å². The topological polar surface area (TPSA) is 0 Å². The lowest BCUT2D eigenvalue weighted by atomic mass is 9.90. The first-order valence-corrected chi connectivity index (χ1v) is 3.21. The number of hydrogen-bond donors (Lipinski definition) is 0. The molecule has 0 aliphatic rings. The van der Waals surface area contributed by atoms with Gasteiger partial charge in [-0.25, -0.2) is 0 Å². The van der Waals surface area contributed by atoms with Crippen molar-refractivity contribution in [2.24, 2.45) is 5.41 Å². The fourth-order valence-corrected chi connectivity index (χ4v) is 0.604. The van der Waals surface area contributed by atoms with E-state index >= 15 is 0 Å². The predicted octanol–water partition coefficient (Wildman–Crippen LogP) is 2.85. The normalized spacial score (nSPS) is 12.0. The van der Waals surface area contributed by atoms with Gasteiger partial charge < -0.3 is 0 Å². The standard InChI is InChI=1S/C8H16/c1-5-6-7-8(2,3)4/h1-2,5-7H2,3-4H3. The van der Waals surface area contributed by atoms with Crippen LogP contribution in [0.25, 0.3) is 0 Å². The SMILES string of the molecule is [CH2]CCCC([CH2])(C)C. The molecule has 0 N–H and O–H groups in total. The van der Waals surface area contributed by atoms with Crippen LogP contribution in [0, 0.1) is 19.3 Å². The Balaban J connectivity index is 3.11. The Morgan fingerprint density at radius 3 is 2.00 bits per heavy atom. The molecule has 0 aliphatic heterocycles. The number of rotatable bonds is 3. The Labute approximate surface area is 53.3 Å². The minimum Gasteiger partial charge on any atom is -0.0599 e. The molecule has 48 valence electrons. The second-order valence-corrected chi connectivity index (χ2v) is 3.12. The van der Waals surface area contributed by atoms with Crippen molar-refractivity contribution < 1.29 is 0 Å². The molecule has 0 aromatic heterocycles. The molecule has 0 amide bonds. The molecule has 0 fully saturated rings. The summed E-state index contributed by atoms with van der Waals surface area (Å²) < 4.78 is 0. The third kappa shape index (κ3) is 6.00. The van der Waals surface area contributed by atoms with Crippen LogP contribution in [0.4, 0.5) is 0 Å². The third-order valence-electron chi connectivity index (χ3n) is 1.10. The van der Waals surface area contributed by atoms with Gasteiger partial charge in [-0.15, -0.1) is 0 Å². The van der Waals surface area contributed by atoms with Crippen LogP contribution in [0.2, 0.25) is 0 Å². The maximum atomic E-state index is 3.98. The van der Waals surface area contributed by atoms with Crippen LogP contribution >= 0.6 is 0 Å². The van der Waals surface area contributed by atoms with E-state index in [9.17, 15) is 0 Å². The predicted molar refractivity (Wildman–Crippen MR) is 38.3 cm³/mol. The minimum atomic E-state index is 0.262. The van der Waals surface area contributed by atoms with Crippen molar-refractivity contribution >= 4 is 0 Å². The van der Waals surface area contributed by atoms with Crippen LogP contribution in [0.15, 0.2) is 0 Å². The van der Waals surface area contributed by atoms with E-state index in [0.717, 1.165) is 6.42 Å². The monoisotopic (exact) mass is 112 g/mol. The van der Waals surface area contributed by atoms with Crippen LogP contribution < -0.4 is 0 Å². The number of unbranched alkanes of at least 4 members (excludes halogenated alkanes) is 1. The van der Waals surface area contributed by atoms with E-state index in [1.165, 1.54) is 12.8 Å². The molecule has 0 aliphatic carbocycles. The van der Waals surface area contributed by atoms with E-state index in [1.54, 1.807) is 0 Å². The first-order chi connectivity index (χ1) is 3.56. The summed E-state index contributed by atoms with van der Waals surface area (Å²) in [4.78, 5) is 0. The van der Waals surface area contributed by atoms with Gasteiger partial charge in [0, 0.05) is 0 Å². The summed E-state index contributed by atoms with van der Waals surface area (Å²) in [5, 5.41) is 0. The second kappa shape index (κ2) is 3.11. The average molecular weight is 112 g/mol. The maximum absolute atomic E-state index is 3.98. The lowest BCUT2D eigenvalue weighted by Gasteiger charge is -2.16. The van der Waals surface area contributed by atoms with Crippen LogP contribution in [-0.2, 0) is 0 Å². The molecular formula is C8H16. The Morgan fingerprint density at radius 1 is 1.38 bits per heavy atom. The molecule has 0 heteroatoms. The summed E-state index contributed by atoms with van der Waals surface area (Å²) in [6.45, 7) is 12.1. The van der Waals surface area contributed by atoms with E-state index < -0.39 is 0 Å². The van der Waals surface area contributed by atoms with E-state index in [4.69, 9.17) is 0 Å². The van der Waals surface area contributed by atoms with Gasteiger partial charge in [0.05, 0.1) is 0 Å². The van der Waals surface area contributed by atoms with Gasteiger partial charge in [0.25, 0.3) is 0 Å². The molecule has 0 spiro atoms. The average Bonchev–Trinajstić information content (AvgIpc) is 1.59. The molecule has 0 saturated heterocycles. The summed E-state index contributed by atoms with van der Waals surface area (Å²) in [6, 6.07) is 0. The highest BCUT2D eigenvalue weighted by Gasteiger charge is 2.07.